The third kappa shape index (κ3) is 4.20. The third-order valence-corrected chi connectivity index (χ3v) is 6.58. The van der Waals surface area contributed by atoms with Gasteiger partial charge < -0.3 is 0 Å². The minimum absolute atomic E-state index is 0. The Morgan fingerprint density at radius 1 is 0.571 bits per heavy atom. The molecule has 5 aromatic rings. The quantitative estimate of drug-likeness (QED) is 0.251. The second-order valence-corrected chi connectivity index (χ2v) is 8.23. The van der Waals surface area contributed by atoms with Gasteiger partial charge >= 0.3 is 0 Å². The van der Waals surface area contributed by atoms with Crippen LogP contribution in [0.15, 0.2) is 83.8 Å². The van der Waals surface area contributed by atoms with Gasteiger partial charge in [0.1, 0.15) is 9.40 Å². The number of rotatable bonds is 4. The first-order valence-corrected chi connectivity index (χ1v) is 10.4. The zero-order valence-corrected chi connectivity index (χ0v) is 20.1. The van der Waals surface area contributed by atoms with E-state index in [0.717, 1.165) is 13.1 Å². The van der Waals surface area contributed by atoms with Crippen molar-refractivity contribution in [1.29, 1.82) is 0 Å². The molecule has 0 N–H and O–H groups in total. The van der Waals surface area contributed by atoms with Gasteiger partial charge in [0.15, 0.2) is 13.1 Å². The van der Waals surface area contributed by atoms with Crippen LogP contribution < -0.4 is 9.13 Å². The maximum absolute atomic E-state index is 2.34. The van der Waals surface area contributed by atoms with Crippen LogP contribution in [0.2, 0.25) is 0 Å². The third-order valence-electron chi connectivity index (χ3n) is 4.66. The number of nitrogens with zero attached hydrogens (tertiary/aromatic N) is 2. The van der Waals surface area contributed by atoms with E-state index in [2.05, 4.69) is 93.0 Å². The first-order chi connectivity index (χ1) is 12.9. The van der Waals surface area contributed by atoms with Crippen LogP contribution in [-0.2, 0) is 13.1 Å². The fraction of sp³-hybridized carbons (Fsp3) is 0.0909. The lowest BCUT2D eigenvalue weighted by Gasteiger charge is -2.01. The number of benzene rings is 3. The molecule has 0 saturated carbocycles. The Morgan fingerprint density at radius 2 is 1.04 bits per heavy atom. The maximum atomic E-state index is 2.34. The van der Waals surface area contributed by atoms with Crippen LogP contribution >= 0.6 is 56.6 Å². The van der Waals surface area contributed by atoms with Gasteiger partial charge in [-0.25, -0.2) is 0 Å². The molecule has 0 atom stereocenters. The minimum Gasteiger partial charge on any atom is -0.184 e. The van der Waals surface area contributed by atoms with E-state index >= 15 is 0 Å². The Morgan fingerprint density at radius 3 is 1.54 bits per heavy atom. The lowest BCUT2D eigenvalue weighted by atomic mass is 10.1. The van der Waals surface area contributed by atoms with Gasteiger partial charge in [-0.05, 0) is 18.2 Å². The summed E-state index contributed by atoms with van der Waals surface area (Å²) in [7, 11) is 0. The molecule has 0 radical (unpaired) electrons. The monoisotopic (exact) mass is 534 g/mol. The van der Waals surface area contributed by atoms with Gasteiger partial charge in [0.25, 0.3) is 0 Å². The van der Waals surface area contributed by atoms with E-state index in [1.807, 2.05) is 0 Å². The molecule has 0 amide bonds. The molecular formula is C22H20Br2N2S2+2. The normalized spacial score (nSPS) is 10.6. The predicted octanol–water partition coefficient (Wildman–Crippen LogP) is 5.94. The van der Waals surface area contributed by atoms with E-state index in [1.165, 1.54) is 31.6 Å². The maximum Gasteiger partial charge on any atom is 0.226 e. The van der Waals surface area contributed by atoms with Crippen molar-refractivity contribution < 1.29 is 9.13 Å². The summed E-state index contributed by atoms with van der Waals surface area (Å²) >= 11 is 3.61. The highest BCUT2D eigenvalue weighted by atomic mass is 79.9. The lowest BCUT2D eigenvalue weighted by Crippen LogP contribution is -2.33. The Bertz CT molecular complexity index is 1120. The van der Waals surface area contributed by atoms with E-state index in [1.54, 1.807) is 22.7 Å². The number of hydrogen-bond donors (Lipinski definition) is 0. The second-order valence-electron chi connectivity index (χ2n) is 6.46. The van der Waals surface area contributed by atoms with E-state index in [0.29, 0.717) is 0 Å². The van der Waals surface area contributed by atoms with Crippen molar-refractivity contribution in [3.63, 3.8) is 0 Å². The zero-order valence-electron chi connectivity index (χ0n) is 15.0. The molecule has 2 aromatic heterocycles. The first-order valence-electron chi connectivity index (χ1n) is 8.66. The first kappa shape index (κ1) is 21.1. The largest absolute Gasteiger partial charge is 0.226 e. The molecule has 0 fully saturated rings. The summed E-state index contributed by atoms with van der Waals surface area (Å²) in [4.78, 5) is 0. The average Bonchev–Trinajstić information content (AvgIpc) is 3.27. The molecule has 0 spiro atoms. The molecule has 2 heterocycles. The fourth-order valence-corrected chi connectivity index (χ4v) is 5.19. The molecule has 28 heavy (non-hydrogen) atoms. The van der Waals surface area contributed by atoms with Gasteiger partial charge in [0.2, 0.25) is 22.1 Å². The zero-order chi connectivity index (χ0) is 17.3. The molecule has 0 saturated heterocycles. The smallest absolute Gasteiger partial charge is 0.184 e. The predicted molar refractivity (Wildman–Crippen MR) is 129 cm³/mol. The van der Waals surface area contributed by atoms with E-state index in [9.17, 15) is 0 Å². The number of hydrogen-bond acceptors (Lipinski definition) is 2. The van der Waals surface area contributed by atoms with Crippen LogP contribution in [-0.4, -0.2) is 0 Å². The summed E-state index contributed by atoms with van der Waals surface area (Å²) in [6.45, 7) is 1.82. The molecule has 0 aliphatic rings. The molecule has 5 rings (SSSR count). The Hall–Kier alpha value is -1.60. The van der Waals surface area contributed by atoms with Crippen LogP contribution in [0.1, 0.15) is 11.1 Å². The standard InChI is InChI=1S/C22H18N2S2.2BrH/c1-3-10-21-19(8-1)23(15-25-21)13-17-6-5-7-18(12-17)14-24-16-26-22-11-4-2-9-20(22)24;;/h1-12,15-16H,13-14H2;2*1H/q+2;;. The highest BCUT2D eigenvalue weighted by Gasteiger charge is 2.14. The number of fused-ring (bicyclic) bond motifs is 2. The van der Waals surface area contributed by atoms with Gasteiger partial charge in [0, 0.05) is 23.3 Å². The Kier molecular flexibility index (Phi) is 6.99. The van der Waals surface area contributed by atoms with Crippen LogP contribution in [0.3, 0.4) is 0 Å². The fourth-order valence-electron chi connectivity index (χ4n) is 3.41. The Balaban J connectivity index is 0.00000112. The summed E-state index contributed by atoms with van der Waals surface area (Å²) in [5.41, 5.74) is 9.74. The van der Waals surface area contributed by atoms with Crippen LogP contribution in [0.4, 0.5) is 0 Å². The Labute approximate surface area is 193 Å². The van der Waals surface area contributed by atoms with Gasteiger partial charge in [-0.3, -0.25) is 0 Å². The van der Waals surface area contributed by atoms with Crippen molar-refractivity contribution >= 4 is 77.1 Å². The highest BCUT2D eigenvalue weighted by molar-refractivity contribution is 8.93. The molecule has 6 heteroatoms. The van der Waals surface area contributed by atoms with Crippen LogP contribution in [0.5, 0.6) is 0 Å². The summed E-state index contributed by atoms with van der Waals surface area (Å²) in [5, 5.41) is 0. The summed E-state index contributed by atoms with van der Waals surface area (Å²) < 4.78 is 7.35. The molecule has 2 nitrogen and oxygen atoms in total. The number of halogens is 2. The second kappa shape index (κ2) is 9.27. The lowest BCUT2D eigenvalue weighted by molar-refractivity contribution is -0.659. The van der Waals surface area contributed by atoms with Crippen molar-refractivity contribution in [2.75, 3.05) is 0 Å². The van der Waals surface area contributed by atoms with Gasteiger partial charge in [-0.1, -0.05) is 65.1 Å². The molecule has 0 unspecified atom stereocenters. The van der Waals surface area contributed by atoms with Crippen LogP contribution in [0.25, 0.3) is 20.4 Å². The average molecular weight is 536 g/mol. The van der Waals surface area contributed by atoms with E-state index < -0.39 is 0 Å². The summed E-state index contributed by atoms with van der Waals surface area (Å²) in [5.74, 6) is 0. The van der Waals surface area contributed by atoms with E-state index in [-0.39, 0.29) is 34.0 Å². The number of aromatic nitrogens is 2. The van der Waals surface area contributed by atoms with Crippen molar-refractivity contribution in [1.82, 2.24) is 0 Å². The van der Waals surface area contributed by atoms with Crippen molar-refractivity contribution in [3.05, 3.63) is 94.9 Å². The molecule has 0 bridgehead atoms. The van der Waals surface area contributed by atoms with E-state index in [4.69, 9.17) is 0 Å². The van der Waals surface area contributed by atoms with Crippen molar-refractivity contribution in [3.8, 4) is 0 Å². The summed E-state index contributed by atoms with van der Waals surface area (Å²) in [6.07, 6.45) is 0. The molecule has 0 aliphatic heterocycles. The molecule has 142 valence electrons. The molecule has 0 aliphatic carbocycles. The van der Waals surface area contributed by atoms with Gasteiger partial charge in [-0.2, -0.15) is 9.13 Å². The van der Waals surface area contributed by atoms with Gasteiger partial charge in [-0.15, -0.1) is 34.0 Å². The van der Waals surface area contributed by atoms with Crippen molar-refractivity contribution in [2.45, 2.75) is 13.1 Å². The van der Waals surface area contributed by atoms with Gasteiger partial charge in [0.05, 0.1) is 0 Å². The van der Waals surface area contributed by atoms with Crippen LogP contribution in [0, 0.1) is 0 Å². The van der Waals surface area contributed by atoms with Crippen molar-refractivity contribution in [2.24, 2.45) is 0 Å². The highest BCUT2D eigenvalue weighted by Crippen LogP contribution is 2.17. The SMILES string of the molecule is Br.Br.c1cc(C[n+]2csc3ccccc32)cc(C[n+]2csc3ccccc32)c1. The topological polar surface area (TPSA) is 7.76 Å². The summed E-state index contributed by atoms with van der Waals surface area (Å²) in [6, 6.07) is 26.1. The molecule has 3 aromatic carbocycles. The molecular weight excluding hydrogens is 516 g/mol. The minimum atomic E-state index is 0. The number of thiazole rings is 2. The number of para-hydroxylation sites is 2.